The molecule has 1 aromatic carbocycles. The van der Waals surface area contributed by atoms with Gasteiger partial charge in [-0.2, -0.15) is 5.26 Å². The molecule has 3 amide bonds. The van der Waals surface area contributed by atoms with Crippen molar-refractivity contribution in [2.45, 2.75) is 26.3 Å². The van der Waals surface area contributed by atoms with Gasteiger partial charge in [-0.3, -0.25) is 4.79 Å². The smallest absolute Gasteiger partial charge is 0.319 e. The maximum Gasteiger partial charge on any atom is 0.319 e. The van der Waals surface area contributed by atoms with Crippen LogP contribution in [0.3, 0.4) is 0 Å². The van der Waals surface area contributed by atoms with Crippen LogP contribution in [0.15, 0.2) is 23.7 Å². The van der Waals surface area contributed by atoms with Crippen LogP contribution in [-0.4, -0.2) is 29.5 Å². The highest BCUT2D eigenvalue weighted by atomic mass is 32.1. The monoisotopic (exact) mass is 345 g/mol. The summed E-state index contributed by atoms with van der Waals surface area (Å²) in [6.07, 6.45) is 0.485. The lowest BCUT2D eigenvalue weighted by molar-refractivity contribution is -0.123. The van der Waals surface area contributed by atoms with Gasteiger partial charge in [0.05, 0.1) is 21.8 Å². The Kier molecular flexibility index (Phi) is 6.09. The molecule has 7 nitrogen and oxygen atoms in total. The van der Waals surface area contributed by atoms with Gasteiger partial charge in [0.2, 0.25) is 5.91 Å². The molecule has 8 heteroatoms. The molecule has 0 aliphatic carbocycles. The van der Waals surface area contributed by atoms with Crippen LogP contribution < -0.4 is 16.0 Å². The van der Waals surface area contributed by atoms with Crippen LogP contribution in [0.2, 0.25) is 0 Å². The summed E-state index contributed by atoms with van der Waals surface area (Å²) in [6.45, 7) is 3.84. The van der Waals surface area contributed by atoms with E-state index >= 15 is 0 Å². The number of nitrogens with one attached hydrogen (secondary N) is 3. The molecule has 0 saturated carbocycles. The van der Waals surface area contributed by atoms with Crippen LogP contribution in [0.4, 0.5) is 10.5 Å². The minimum Gasteiger partial charge on any atom is -0.341 e. The normalized spacial score (nSPS) is 11.8. The Labute approximate surface area is 144 Å². The van der Waals surface area contributed by atoms with Crippen molar-refractivity contribution in [2.75, 3.05) is 11.9 Å². The van der Waals surface area contributed by atoms with Crippen molar-refractivity contribution < 1.29 is 9.59 Å². The Bertz CT molecular complexity index is 765. The van der Waals surface area contributed by atoms with E-state index in [1.54, 1.807) is 11.6 Å². The number of nitrogens with zero attached hydrogens (tertiary/aromatic N) is 2. The highest BCUT2D eigenvalue weighted by Crippen LogP contribution is 2.21. The third kappa shape index (κ3) is 4.93. The minimum atomic E-state index is -0.689. The number of benzene rings is 1. The van der Waals surface area contributed by atoms with Crippen LogP contribution in [0.1, 0.15) is 20.3 Å². The topological polar surface area (TPSA) is 107 Å². The number of thiazole rings is 1. The molecule has 24 heavy (non-hydrogen) atoms. The maximum absolute atomic E-state index is 12.2. The summed E-state index contributed by atoms with van der Waals surface area (Å²) in [7, 11) is 0. The van der Waals surface area contributed by atoms with E-state index in [1.165, 1.54) is 11.3 Å². The van der Waals surface area contributed by atoms with Crippen LogP contribution in [0.5, 0.6) is 0 Å². The Hall–Kier alpha value is -2.66. The number of aromatic nitrogens is 1. The molecule has 0 bridgehead atoms. The average molecular weight is 345 g/mol. The van der Waals surface area contributed by atoms with Crippen LogP contribution in [0, 0.1) is 17.2 Å². The lowest BCUT2D eigenvalue weighted by Crippen LogP contribution is -2.48. The first-order valence-corrected chi connectivity index (χ1v) is 8.43. The van der Waals surface area contributed by atoms with Crippen molar-refractivity contribution in [3.63, 3.8) is 0 Å². The zero-order valence-corrected chi connectivity index (χ0v) is 14.3. The number of anilines is 1. The Morgan fingerprint density at radius 1 is 1.38 bits per heavy atom. The van der Waals surface area contributed by atoms with Gasteiger partial charge < -0.3 is 16.0 Å². The number of rotatable bonds is 6. The Balaban J connectivity index is 2.00. The summed E-state index contributed by atoms with van der Waals surface area (Å²) in [6, 6.07) is 6.12. The van der Waals surface area contributed by atoms with E-state index in [-0.39, 0.29) is 18.4 Å². The van der Waals surface area contributed by atoms with Gasteiger partial charge in [0.25, 0.3) is 0 Å². The molecule has 0 fully saturated rings. The molecule has 3 N–H and O–H groups in total. The third-order valence-electron chi connectivity index (χ3n) is 3.26. The van der Waals surface area contributed by atoms with Gasteiger partial charge in [0, 0.05) is 5.69 Å². The van der Waals surface area contributed by atoms with Gasteiger partial charge in [-0.15, -0.1) is 11.3 Å². The summed E-state index contributed by atoms with van der Waals surface area (Å²) in [4.78, 5) is 28.4. The van der Waals surface area contributed by atoms with Gasteiger partial charge in [-0.1, -0.05) is 13.8 Å². The Morgan fingerprint density at radius 3 is 2.88 bits per heavy atom. The molecule has 0 saturated heterocycles. The van der Waals surface area contributed by atoms with Crippen LogP contribution in [0.25, 0.3) is 10.2 Å². The van der Waals surface area contributed by atoms with Gasteiger partial charge in [-0.25, -0.2) is 9.78 Å². The standard InChI is InChI=1S/C16H19N5O2S/c1-10(2)7-13(15(22)18-6-5-17)21-16(23)20-11-3-4-12-14(8-11)24-9-19-12/h3-4,8-10,13H,6-7H2,1-2H3,(H,18,22)(H2,20,21,23). The zero-order chi connectivity index (χ0) is 17.5. The predicted molar refractivity (Wildman–Crippen MR) is 93.6 cm³/mol. The summed E-state index contributed by atoms with van der Waals surface area (Å²) in [5, 5.41) is 16.4. The number of carbonyl (C=O) groups is 2. The van der Waals surface area contributed by atoms with Crippen LogP contribution in [-0.2, 0) is 4.79 Å². The fraction of sp³-hybridized carbons (Fsp3) is 0.375. The van der Waals surface area contributed by atoms with Crippen molar-refractivity contribution in [1.82, 2.24) is 15.6 Å². The fourth-order valence-electron chi connectivity index (χ4n) is 2.21. The van der Waals surface area contributed by atoms with E-state index in [4.69, 9.17) is 5.26 Å². The van der Waals surface area contributed by atoms with Gasteiger partial charge in [0.1, 0.15) is 12.6 Å². The first-order valence-electron chi connectivity index (χ1n) is 7.55. The molecular weight excluding hydrogens is 326 g/mol. The van der Waals surface area contributed by atoms with Gasteiger partial charge in [-0.05, 0) is 30.5 Å². The highest BCUT2D eigenvalue weighted by Gasteiger charge is 2.21. The lowest BCUT2D eigenvalue weighted by atomic mass is 10.0. The summed E-state index contributed by atoms with van der Waals surface area (Å²) in [5.41, 5.74) is 3.25. The van der Waals surface area contributed by atoms with Crippen molar-refractivity contribution in [3.8, 4) is 6.07 Å². The summed E-state index contributed by atoms with van der Waals surface area (Å²) < 4.78 is 0.971. The number of amides is 3. The minimum absolute atomic E-state index is 0.0846. The molecule has 126 valence electrons. The van der Waals surface area contributed by atoms with Gasteiger partial charge >= 0.3 is 6.03 Å². The molecule has 2 aromatic rings. The van der Waals surface area contributed by atoms with E-state index in [9.17, 15) is 9.59 Å². The molecule has 2 rings (SSSR count). The molecule has 1 aromatic heterocycles. The van der Waals surface area contributed by atoms with E-state index in [1.807, 2.05) is 32.0 Å². The van der Waals surface area contributed by atoms with Crippen molar-refractivity contribution in [1.29, 1.82) is 5.26 Å². The van der Waals surface area contributed by atoms with E-state index in [0.29, 0.717) is 12.1 Å². The molecular formula is C16H19N5O2S. The second-order valence-corrected chi connectivity index (χ2v) is 6.58. The third-order valence-corrected chi connectivity index (χ3v) is 4.05. The predicted octanol–water partition coefficient (Wildman–Crippen LogP) is 2.47. The number of carbonyl (C=O) groups excluding carboxylic acids is 2. The second-order valence-electron chi connectivity index (χ2n) is 5.69. The quantitative estimate of drug-likeness (QED) is 0.699. The summed E-state index contributed by atoms with van der Waals surface area (Å²) >= 11 is 1.49. The summed E-state index contributed by atoms with van der Waals surface area (Å²) in [5.74, 6) is -0.144. The van der Waals surface area contributed by atoms with E-state index in [2.05, 4.69) is 20.9 Å². The fourth-order valence-corrected chi connectivity index (χ4v) is 2.93. The molecule has 1 unspecified atom stereocenters. The Morgan fingerprint density at radius 2 is 2.17 bits per heavy atom. The lowest BCUT2D eigenvalue weighted by Gasteiger charge is -2.19. The van der Waals surface area contributed by atoms with Crippen LogP contribution >= 0.6 is 11.3 Å². The first-order chi connectivity index (χ1) is 11.5. The molecule has 1 atom stereocenters. The molecule has 0 spiro atoms. The van der Waals surface area contributed by atoms with Gasteiger partial charge in [0.15, 0.2) is 0 Å². The largest absolute Gasteiger partial charge is 0.341 e. The van der Waals surface area contributed by atoms with Crippen molar-refractivity contribution >= 4 is 39.2 Å². The SMILES string of the molecule is CC(C)CC(NC(=O)Nc1ccc2ncsc2c1)C(=O)NCC#N. The average Bonchev–Trinajstić information content (AvgIpc) is 2.99. The van der Waals surface area contributed by atoms with E-state index < -0.39 is 12.1 Å². The molecule has 0 radical (unpaired) electrons. The van der Waals surface area contributed by atoms with Crippen molar-refractivity contribution in [2.24, 2.45) is 5.92 Å². The second kappa shape index (κ2) is 8.26. The molecule has 1 heterocycles. The first kappa shape index (κ1) is 17.7. The van der Waals surface area contributed by atoms with Crippen molar-refractivity contribution in [3.05, 3.63) is 23.7 Å². The number of hydrogen-bond donors (Lipinski definition) is 3. The number of fused-ring (bicyclic) bond motifs is 1. The van der Waals surface area contributed by atoms with E-state index in [0.717, 1.165) is 10.2 Å². The molecule has 0 aliphatic rings. The number of nitriles is 1. The zero-order valence-electron chi connectivity index (χ0n) is 13.5. The highest BCUT2D eigenvalue weighted by molar-refractivity contribution is 7.16. The molecule has 0 aliphatic heterocycles. The maximum atomic E-state index is 12.2. The number of urea groups is 1. The number of hydrogen-bond acceptors (Lipinski definition) is 5.